The van der Waals surface area contributed by atoms with Gasteiger partial charge in [0.2, 0.25) is 0 Å². The zero-order chi connectivity index (χ0) is 12.2. The molecule has 1 heterocycles. The van der Waals surface area contributed by atoms with Crippen LogP contribution in [0, 0.1) is 0 Å². The minimum atomic E-state index is -0.215. The van der Waals surface area contributed by atoms with Gasteiger partial charge in [-0.1, -0.05) is 0 Å². The van der Waals surface area contributed by atoms with Crippen molar-refractivity contribution in [3.05, 3.63) is 24.2 Å². The van der Waals surface area contributed by atoms with E-state index < -0.39 is 0 Å². The van der Waals surface area contributed by atoms with Crippen LogP contribution in [-0.4, -0.2) is 23.0 Å². The van der Waals surface area contributed by atoms with E-state index in [0.29, 0.717) is 13.1 Å². The van der Waals surface area contributed by atoms with Gasteiger partial charge in [0, 0.05) is 12.1 Å². The van der Waals surface area contributed by atoms with Crippen molar-refractivity contribution in [2.24, 2.45) is 0 Å². The third kappa shape index (κ3) is 3.96. The molecule has 0 saturated heterocycles. The molecule has 16 heavy (non-hydrogen) atoms. The van der Waals surface area contributed by atoms with Crippen LogP contribution < -0.4 is 5.32 Å². The lowest BCUT2D eigenvalue weighted by atomic mass is 10.1. The van der Waals surface area contributed by atoms with Crippen LogP contribution in [0.1, 0.15) is 33.5 Å². The summed E-state index contributed by atoms with van der Waals surface area (Å²) >= 11 is 0. The Labute approximate surface area is 96.6 Å². The van der Waals surface area contributed by atoms with Crippen molar-refractivity contribution in [3.63, 3.8) is 0 Å². The van der Waals surface area contributed by atoms with Crippen LogP contribution in [0.3, 0.4) is 0 Å². The van der Waals surface area contributed by atoms with E-state index in [9.17, 15) is 4.79 Å². The average molecular weight is 224 g/mol. The van der Waals surface area contributed by atoms with Crippen molar-refractivity contribution >= 4 is 6.03 Å². The molecule has 1 rings (SSSR count). The maximum absolute atomic E-state index is 11.9. The number of urea groups is 1. The number of hydrogen-bond acceptors (Lipinski definition) is 2. The molecule has 4 nitrogen and oxygen atoms in total. The van der Waals surface area contributed by atoms with E-state index in [1.807, 2.05) is 39.8 Å². The van der Waals surface area contributed by atoms with Crippen molar-refractivity contribution in [2.45, 2.75) is 39.8 Å². The molecule has 2 amide bonds. The highest BCUT2D eigenvalue weighted by atomic mass is 16.3. The van der Waals surface area contributed by atoms with Crippen LogP contribution in [0.15, 0.2) is 22.8 Å². The van der Waals surface area contributed by atoms with E-state index in [1.54, 1.807) is 11.2 Å². The predicted molar refractivity (Wildman–Crippen MR) is 63.1 cm³/mol. The summed E-state index contributed by atoms with van der Waals surface area (Å²) in [6.45, 7) is 9.00. The summed E-state index contributed by atoms with van der Waals surface area (Å²) < 4.78 is 5.22. The number of hydrogen-bond donors (Lipinski definition) is 1. The molecule has 0 aliphatic carbocycles. The number of amides is 2. The van der Waals surface area contributed by atoms with Gasteiger partial charge in [-0.25, -0.2) is 4.79 Å². The third-order valence-corrected chi connectivity index (χ3v) is 2.08. The molecule has 0 spiro atoms. The smallest absolute Gasteiger partial charge is 0.318 e. The molecule has 0 radical (unpaired) electrons. The summed E-state index contributed by atoms with van der Waals surface area (Å²) in [6, 6.07) is 3.63. The van der Waals surface area contributed by atoms with E-state index in [-0.39, 0.29) is 11.6 Å². The van der Waals surface area contributed by atoms with Crippen LogP contribution in [-0.2, 0) is 6.54 Å². The molecule has 0 saturated carbocycles. The van der Waals surface area contributed by atoms with Gasteiger partial charge in [-0.05, 0) is 39.8 Å². The van der Waals surface area contributed by atoms with Gasteiger partial charge in [-0.15, -0.1) is 0 Å². The Kier molecular flexibility index (Phi) is 3.99. The summed E-state index contributed by atoms with van der Waals surface area (Å²) in [6.07, 6.45) is 1.62. The third-order valence-electron chi connectivity index (χ3n) is 2.08. The summed E-state index contributed by atoms with van der Waals surface area (Å²) in [7, 11) is 0. The number of carbonyl (C=O) groups excluding carboxylic acids is 1. The van der Waals surface area contributed by atoms with E-state index >= 15 is 0 Å². The quantitative estimate of drug-likeness (QED) is 0.857. The highest BCUT2D eigenvalue weighted by Gasteiger charge is 2.19. The molecule has 0 fully saturated rings. The largest absolute Gasteiger partial charge is 0.467 e. The molecule has 0 bridgehead atoms. The average Bonchev–Trinajstić information content (AvgIpc) is 2.63. The van der Waals surface area contributed by atoms with Crippen LogP contribution in [0.2, 0.25) is 0 Å². The first-order valence-corrected chi connectivity index (χ1v) is 5.52. The monoisotopic (exact) mass is 224 g/mol. The second-order valence-corrected chi connectivity index (χ2v) is 4.77. The Morgan fingerprint density at radius 2 is 2.19 bits per heavy atom. The first kappa shape index (κ1) is 12.6. The lowest BCUT2D eigenvalue weighted by molar-refractivity contribution is 0.184. The van der Waals surface area contributed by atoms with Crippen LogP contribution in [0.25, 0.3) is 0 Å². The summed E-state index contributed by atoms with van der Waals surface area (Å²) in [5.41, 5.74) is -0.215. The van der Waals surface area contributed by atoms with Gasteiger partial charge in [0.05, 0.1) is 12.8 Å². The van der Waals surface area contributed by atoms with Crippen LogP contribution in [0.5, 0.6) is 0 Å². The highest BCUT2D eigenvalue weighted by Crippen LogP contribution is 2.07. The van der Waals surface area contributed by atoms with Gasteiger partial charge < -0.3 is 14.6 Å². The molecule has 0 unspecified atom stereocenters. The van der Waals surface area contributed by atoms with Gasteiger partial charge in [0.15, 0.2) is 0 Å². The van der Waals surface area contributed by atoms with Gasteiger partial charge in [-0.3, -0.25) is 0 Å². The van der Waals surface area contributed by atoms with Gasteiger partial charge in [-0.2, -0.15) is 0 Å². The number of nitrogens with one attached hydrogen (secondary N) is 1. The maximum atomic E-state index is 11.9. The molecule has 1 N–H and O–H groups in total. The van der Waals surface area contributed by atoms with E-state index in [2.05, 4.69) is 5.32 Å². The molecule has 4 heteroatoms. The molecule has 1 aromatic heterocycles. The second-order valence-electron chi connectivity index (χ2n) is 4.77. The predicted octanol–water partition coefficient (Wildman–Crippen LogP) is 2.61. The Bertz CT molecular complexity index is 325. The molecule has 90 valence electrons. The fourth-order valence-electron chi connectivity index (χ4n) is 1.32. The van der Waals surface area contributed by atoms with Crippen LogP contribution in [0.4, 0.5) is 4.79 Å². The standard InChI is InChI=1S/C12H20N2O2/c1-5-14(9-10-7-6-8-16-10)11(15)13-12(2,3)4/h6-8H,5,9H2,1-4H3,(H,13,15). The topological polar surface area (TPSA) is 45.5 Å². The van der Waals surface area contributed by atoms with E-state index in [4.69, 9.17) is 4.42 Å². The Hall–Kier alpha value is -1.45. The Morgan fingerprint density at radius 1 is 1.50 bits per heavy atom. The maximum Gasteiger partial charge on any atom is 0.318 e. The van der Waals surface area contributed by atoms with Crippen molar-refractivity contribution in [1.82, 2.24) is 10.2 Å². The molecule has 0 aliphatic heterocycles. The van der Waals surface area contributed by atoms with Gasteiger partial charge in [0.25, 0.3) is 0 Å². The van der Waals surface area contributed by atoms with Gasteiger partial charge in [0.1, 0.15) is 5.76 Å². The Balaban J connectivity index is 2.57. The number of carbonyl (C=O) groups is 1. The van der Waals surface area contributed by atoms with E-state index in [1.165, 1.54) is 0 Å². The molecule has 0 aromatic carbocycles. The number of rotatable bonds is 3. The van der Waals surface area contributed by atoms with Gasteiger partial charge >= 0.3 is 6.03 Å². The Morgan fingerprint density at radius 3 is 2.62 bits per heavy atom. The molecular weight excluding hydrogens is 204 g/mol. The van der Waals surface area contributed by atoms with Crippen molar-refractivity contribution < 1.29 is 9.21 Å². The highest BCUT2D eigenvalue weighted by molar-refractivity contribution is 5.74. The fourth-order valence-corrected chi connectivity index (χ4v) is 1.32. The molecule has 0 aliphatic rings. The lowest BCUT2D eigenvalue weighted by Crippen LogP contribution is -2.48. The molecule has 1 aromatic rings. The SMILES string of the molecule is CCN(Cc1ccco1)C(=O)NC(C)(C)C. The second kappa shape index (κ2) is 5.05. The summed E-state index contributed by atoms with van der Waals surface area (Å²) in [5, 5.41) is 2.93. The minimum Gasteiger partial charge on any atom is -0.467 e. The molecular formula is C12H20N2O2. The zero-order valence-electron chi connectivity index (χ0n) is 10.4. The van der Waals surface area contributed by atoms with Crippen molar-refractivity contribution in [1.29, 1.82) is 0 Å². The number of furan rings is 1. The minimum absolute atomic E-state index is 0.0635. The normalized spacial score (nSPS) is 11.2. The molecule has 0 atom stereocenters. The van der Waals surface area contributed by atoms with Crippen molar-refractivity contribution in [2.75, 3.05) is 6.54 Å². The first-order chi connectivity index (χ1) is 7.42. The van der Waals surface area contributed by atoms with E-state index in [0.717, 1.165) is 5.76 Å². The number of nitrogens with zero attached hydrogens (tertiary/aromatic N) is 1. The van der Waals surface area contributed by atoms with Crippen LogP contribution >= 0.6 is 0 Å². The summed E-state index contributed by atoms with van der Waals surface area (Å²) in [5.74, 6) is 0.797. The fraction of sp³-hybridized carbons (Fsp3) is 0.583. The zero-order valence-corrected chi connectivity index (χ0v) is 10.4. The van der Waals surface area contributed by atoms with Crippen molar-refractivity contribution in [3.8, 4) is 0 Å². The summed E-state index contributed by atoms with van der Waals surface area (Å²) in [4.78, 5) is 13.6. The first-order valence-electron chi connectivity index (χ1n) is 5.52. The lowest BCUT2D eigenvalue weighted by Gasteiger charge is -2.27.